The minimum Gasteiger partial charge on any atom is -0.477 e. The molecule has 0 aliphatic carbocycles. The first kappa shape index (κ1) is 19.9. The number of carboxylic acids is 1. The average molecular weight is 418 g/mol. The molecule has 1 aliphatic rings. The van der Waals surface area contributed by atoms with Crippen molar-refractivity contribution in [2.75, 3.05) is 18.4 Å². The number of carbonyl (C=O) groups is 1. The normalized spacial score (nSPS) is 14.8. The Hall–Kier alpha value is -3.40. The molecule has 7 nitrogen and oxygen atoms in total. The topological polar surface area (TPSA) is 96.2 Å². The van der Waals surface area contributed by atoms with Gasteiger partial charge in [0.2, 0.25) is 5.43 Å². The smallest absolute Gasteiger partial charge is 0.341 e. The molecule has 3 N–H and O–H groups in total. The van der Waals surface area contributed by atoms with Gasteiger partial charge in [0.15, 0.2) is 17.3 Å². The van der Waals surface area contributed by atoms with Gasteiger partial charge in [-0.3, -0.25) is 9.36 Å². The number of hydrogen-bond donors (Lipinski definition) is 3. The molecule has 1 fully saturated rings. The lowest BCUT2D eigenvalue weighted by atomic mass is 10.1. The Balaban J connectivity index is 1.95. The molecule has 0 saturated carbocycles. The minimum atomic E-state index is -1.56. The third kappa shape index (κ3) is 3.61. The predicted octanol–water partition coefficient (Wildman–Crippen LogP) is 2.67. The summed E-state index contributed by atoms with van der Waals surface area (Å²) >= 11 is 0. The fraction of sp³-hybridized carbons (Fsp3) is 0.250. The molecule has 0 atom stereocenters. The van der Waals surface area contributed by atoms with E-state index >= 15 is 0 Å². The zero-order valence-corrected chi connectivity index (χ0v) is 15.6. The van der Waals surface area contributed by atoms with Gasteiger partial charge in [0, 0.05) is 18.3 Å². The lowest BCUT2D eigenvalue weighted by molar-refractivity contribution is 0.0695. The summed E-state index contributed by atoms with van der Waals surface area (Å²) in [6.07, 6.45) is 2.37. The van der Waals surface area contributed by atoms with Crippen molar-refractivity contribution in [3.05, 3.63) is 63.7 Å². The van der Waals surface area contributed by atoms with Crippen molar-refractivity contribution < 1.29 is 23.1 Å². The van der Waals surface area contributed by atoms with Crippen LogP contribution in [-0.4, -0.2) is 39.8 Å². The Morgan fingerprint density at radius 2 is 1.90 bits per heavy atom. The largest absolute Gasteiger partial charge is 0.477 e. The number of anilines is 1. The van der Waals surface area contributed by atoms with Crippen molar-refractivity contribution in [3.8, 4) is 5.69 Å². The number of rotatable bonds is 4. The molecule has 156 valence electrons. The van der Waals surface area contributed by atoms with Gasteiger partial charge in [-0.1, -0.05) is 0 Å². The molecule has 0 amide bonds. The Bertz CT molecular complexity index is 1210. The molecule has 0 bridgehead atoms. The number of aromatic carboxylic acids is 1. The van der Waals surface area contributed by atoms with E-state index in [4.69, 9.17) is 0 Å². The number of carboxylic acid groups (broad SMARTS) is 1. The molecule has 1 saturated heterocycles. The zero-order valence-electron chi connectivity index (χ0n) is 15.6. The van der Waals surface area contributed by atoms with Gasteiger partial charge in [-0.05, 0) is 44.1 Å². The molecule has 1 aliphatic heterocycles. The first-order chi connectivity index (χ1) is 14.3. The lowest BCUT2D eigenvalue weighted by Gasteiger charge is -2.24. The standard InChI is InChI=1S/C20H17F3N4O3/c21-10-1-2-16(14(22)7-10)27-9-13(20(29)30)17(28)12-8-15(23)18(26-19(12)27)25-11-3-5-24-6-4-11/h1-2,7-9,11,24H,3-6H2,(H,25,26)(H,29,30). The number of halogens is 3. The van der Waals surface area contributed by atoms with Crippen LogP contribution in [0.4, 0.5) is 19.0 Å². The van der Waals surface area contributed by atoms with Crippen LogP contribution in [0.25, 0.3) is 16.7 Å². The van der Waals surface area contributed by atoms with Gasteiger partial charge in [0.05, 0.1) is 11.1 Å². The van der Waals surface area contributed by atoms with E-state index in [2.05, 4.69) is 15.6 Å². The zero-order chi connectivity index (χ0) is 21.4. The van der Waals surface area contributed by atoms with Crippen LogP contribution in [0, 0.1) is 17.5 Å². The van der Waals surface area contributed by atoms with Gasteiger partial charge in [-0.2, -0.15) is 0 Å². The maximum absolute atomic E-state index is 14.7. The second-order valence-corrected chi connectivity index (χ2v) is 7.00. The summed E-state index contributed by atoms with van der Waals surface area (Å²) in [4.78, 5) is 28.2. The summed E-state index contributed by atoms with van der Waals surface area (Å²) in [5.74, 6) is -4.34. The molecule has 0 radical (unpaired) electrons. The second-order valence-electron chi connectivity index (χ2n) is 7.00. The van der Waals surface area contributed by atoms with E-state index in [9.17, 15) is 27.9 Å². The molecular formula is C20H17F3N4O3. The number of fused-ring (bicyclic) bond motifs is 1. The van der Waals surface area contributed by atoms with Crippen LogP contribution in [0.15, 0.2) is 35.3 Å². The van der Waals surface area contributed by atoms with E-state index in [1.54, 1.807) is 0 Å². The predicted molar refractivity (Wildman–Crippen MR) is 104 cm³/mol. The molecule has 3 aromatic rings. The van der Waals surface area contributed by atoms with Crippen LogP contribution < -0.4 is 16.1 Å². The summed E-state index contributed by atoms with van der Waals surface area (Å²) in [6, 6.07) is 3.54. The Morgan fingerprint density at radius 1 is 1.17 bits per heavy atom. The highest BCUT2D eigenvalue weighted by molar-refractivity contribution is 5.92. The van der Waals surface area contributed by atoms with Crippen molar-refractivity contribution in [1.29, 1.82) is 0 Å². The molecule has 10 heteroatoms. The summed E-state index contributed by atoms with van der Waals surface area (Å²) in [6.45, 7) is 1.50. The van der Waals surface area contributed by atoms with Crippen LogP contribution in [0.5, 0.6) is 0 Å². The number of nitrogens with one attached hydrogen (secondary N) is 2. The summed E-state index contributed by atoms with van der Waals surface area (Å²) < 4.78 is 43.5. The maximum Gasteiger partial charge on any atom is 0.341 e. The van der Waals surface area contributed by atoms with Crippen molar-refractivity contribution >= 4 is 22.8 Å². The SMILES string of the molecule is O=C(O)c1cn(-c2ccc(F)cc2F)c2nc(NC3CCNCC3)c(F)cc2c1=O. The van der Waals surface area contributed by atoms with E-state index in [-0.39, 0.29) is 28.6 Å². The molecule has 30 heavy (non-hydrogen) atoms. The van der Waals surface area contributed by atoms with Crippen molar-refractivity contribution in [1.82, 2.24) is 14.9 Å². The highest BCUT2D eigenvalue weighted by Gasteiger charge is 2.22. The molecular weight excluding hydrogens is 401 g/mol. The summed E-state index contributed by atoms with van der Waals surface area (Å²) in [5.41, 5.74) is -2.01. The van der Waals surface area contributed by atoms with Gasteiger partial charge in [-0.25, -0.2) is 22.9 Å². The third-order valence-corrected chi connectivity index (χ3v) is 5.01. The summed E-state index contributed by atoms with van der Waals surface area (Å²) in [5, 5.41) is 15.2. The van der Waals surface area contributed by atoms with Gasteiger partial charge in [-0.15, -0.1) is 0 Å². The number of aromatic nitrogens is 2. The monoisotopic (exact) mass is 418 g/mol. The molecule has 2 aromatic heterocycles. The van der Waals surface area contributed by atoms with Crippen LogP contribution in [-0.2, 0) is 0 Å². The van der Waals surface area contributed by atoms with Crippen LogP contribution in [0.3, 0.4) is 0 Å². The van der Waals surface area contributed by atoms with E-state index < -0.39 is 34.4 Å². The lowest BCUT2D eigenvalue weighted by Crippen LogP contribution is -2.35. The molecule has 1 aromatic carbocycles. The number of piperidine rings is 1. The van der Waals surface area contributed by atoms with Gasteiger partial charge >= 0.3 is 5.97 Å². The van der Waals surface area contributed by atoms with Crippen LogP contribution >= 0.6 is 0 Å². The van der Waals surface area contributed by atoms with Gasteiger partial charge in [0.25, 0.3) is 0 Å². The van der Waals surface area contributed by atoms with Gasteiger partial charge < -0.3 is 15.7 Å². The van der Waals surface area contributed by atoms with E-state index in [1.807, 2.05) is 0 Å². The first-order valence-corrected chi connectivity index (χ1v) is 9.27. The average Bonchev–Trinajstić information content (AvgIpc) is 2.71. The molecule has 3 heterocycles. The molecule has 0 unspecified atom stereocenters. The number of pyridine rings is 2. The van der Waals surface area contributed by atoms with Crippen molar-refractivity contribution in [3.63, 3.8) is 0 Å². The second kappa shape index (κ2) is 7.79. The number of hydrogen-bond acceptors (Lipinski definition) is 5. The Morgan fingerprint density at radius 3 is 2.57 bits per heavy atom. The number of nitrogens with zero attached hydrogens (tertiary/aromatic N) is 2. The number of benzene rings is 1. The molecule has 4 rings (SSSR count). The quantitative estimate of drug-likeness (QED) is 0.603. The molecule has 0 spiro atoms. The fourth-order valence-corrected chi connectivity index (χ4v) is 3.50. The van der Waals surface area contributed by atoms with Crippen LogP contribution in [0.1, 0.15) is 23.2 Å². The third-order valence-electron chi connectivity index (χ3n) is 5.01. The minimum absolute atomic E-state index is 0.0493. The summed E-state index contributed by atoms with van der Waals surface area (Å²) in [7, 11) is 0. The van der Waals surface area contributed by atoms with E-state index in [0.717, 1.165) is 54.9 Å². The van der Waals surface area contributed by atoms with Gasteiger partial charge in [0.1, 0.15) is 17.2 Å². The highest BCUT2D eigenvalue weighted by Crippen LogP contribution is 2.24. The van der Waals surface area contributed by atoms with Crippen LogP contribution in [0.2, 0.25) is 0 Å². The fourth-order valence-electron chi connectivity index (χ4n) is 3.50. The highest BCUT2D eigenvalue weighted by atomic mass is 19.1. The van der Waals surface area contributed by atoms with Crippen molar-refractivity contribution in [2.24, 2.45) is 0 Å². The Kier molecular flexibility index (Phi) is 5.17. The van der Waals surface area contributed by atoms with E-state index in [1.165, 1.54) is 0 Å². The van der Waals surface area contributed by atoms with Crippen molar-refractivity contribution in [2.45, 2.75) is 18.9 Å². The maximum atomic E-state index is 14.7. The van der Waals surface area contributed by atoms with E-state index in [0.29, 0.717) is 6.07 Å². The first-order valence-electron chi connectivity index (χ1n) is 9.27. The Labute approximate surface area is 168 Å².